The van der Waals surface area contributed by atoms with Crippen LogP contribution < -0.4 is 15.6 Å². The summed E-state index contributed by atoms with van der Waals surface area (Å²) < 4.78 is 44.0. The van der Waals surface area contributed by atoms with Gasteiger partial charge < -0.3 is 10.3 Å². The van der Waals surface area contributed by atoms with Gasteiger partial charge in [0.1, 0.15) is 11.6 Å². The van der Waals surface area contributed by atoms with Crippen molar-refractivity contribution in [2.75, 3.05) is 10.0 Å². The third-order valence-corrected chi connectivity index (χ3v) is 7.11. The molecule has 0 aliphatic heterocycles. The van der Waals surface area contributed by atoms with Gasteiger partial charge in [0.05, 0.1) is 34.2 Å². The normalized spacial score (nSPS) is 14.0. The average molecular weight is 529 g/mol. The molecule has 0 bridgehead atoms. The van der Waals surface area contributed by atoms with Crippen molar-refractivity contribution in [3.05, 3.63) is 56.5 Å². The molecule has 3 aromatic rings. The zero-order valence-corrected chi connectivity index (χ0v) is 18.2. The fraction of sp³-hybridized carbons (Fsp3) is 0.222. The van der Waals surface area contributed by atoms with Crippen LogP contribution in [0.4, 0.5) is 21.6 Å². The van der Waals surface area contributed by atoms with Crippen molar-refractivity contribution in [1.29, 1.82) is 0 Å². The molecule has 1 aliphatic carbocycles. The van der Waals surface area contributed by atoms with E-state index < -0.39 is 26.6 Å². The number of sulfonamides is 1. The first kappa shape index (κ1) is 19.9. The summed E-state index contributed by atoms with van der Waals surface area (Å²) in [5.41, 5.74) is 0.468. The number of nitrogens with zero attached hydrogens (tertiary/aromatic N) is 2. The lowest BCUT2D eigenvalue weighted by Crippen LogP contribution is -2.25. The molecule has 1 aromatic carbocycles. The van der Waals surface area contributed by atoms with Crippen molar-refractivity contribution in [2.45, 2.75) is 18.1 Å². The highest BCUT2D eigenvalue weighted by Crippen LogP contribution is 2.34. The van der Waals surface area contributed by atoms with Gasteiger partial charge in [-0.1, -0.05) is 0 Å². The first-order chi connectivity index (χ1) is 13.8. The number of nitrogens with one attached hydrogen (secondary N) is 3. The molecule has 0 unspecified atom stereocenters. The Morgan fingerprint density at radius 1 is 1.28 bits per heavy atom. The summed E-state index contributed by atoms with van der Waals surface area (Å²) in [5, 5.41) is 2.40. The van der Waals surface area contributed by atoms with Crippen LogP contribution in [0.5, 0.6) is 0 Å². The minimum absolute atomic E-state index is 0.125. The number of aromatic amines is 1. The van der Waals surface area contributed by atoms with Crippen LogP contribution in [0.15, 0.2) is 41.6 Å². The highest BCUT2D eigenvalue weighted by molar-refractivity contribution is 14.1. The Balaban J connectivity index is 1.85. The van der Waals surface area contributed by atoms with E-state index in [0.717, 1.165) is 0 Å². The van der Waals surface area contributed by atoms with Crippen molar-refractivity contribution in [3.8, 4) is 11.3 Å². The largest absolute Gasteiger partial charge is 0.351 e. The summed E-state index contributed by atoms with van der Waals surface area (Å²) in [5.74, 6) is -0.379. The molecule has 1 fully saturated rings. The summed E-state index contributed by atoms with van der Waals surface area (Å²) in [7, 11) is -2.13. The average Bonchev–Trinajstić information content (AvgIpc) is 3.40. The molecular formula is C18H17FIN5O3S. The van der Waals surface area contributed by atoms with Crippen molar-refractivity contribution in [3.63, 3.8) is 0 Å². The highest BCUT2D eigenvalue weighted by atomic mass is 127. The van der Waals surface area contributed by atoms with E-state index in [1.165, 1.54) is 36.1 Å². The van der Waals surface area contributed by atoms with Crippen LogP contribution in [0.25, 0.3) is 11.3 Å². The topological polar surface area (TPSA) is 109 Å². The summed E-state index contributed by atoms with van der Waals surface area (Å²) in [6, 6.07) is 6.00. The van der Waals surface area contributed by atoms with Crippen molar-refractivity contribution < 1.29 is 12.8 Å². The maximum absolute atomic E-state index is 14.4. The molecular weight excluding hydrogens is 512 g/mol. The molecule has 0 radical (unpaired) electrons. The van der Waals surface area contributed by atoms with E-state index in [1.54, 1.807) is 12.3 Å². The quantitative estimate of drug-likeness (QED) is 0.426. The fourth-order valence-corrected chi connectivity index (χ4v) is 4.73. The van der Waals surface area contributed by atoms with Crippen LogP contribution in [0.1, 0.15) is 12.8 Å². The number of halogens is 2. The Labute approximate surface area is 179 Å². The predicted molar refractivity (Wildman–Crippen MR) is 117 cm³/mol. The first-order valence-electron chi connectivity index (χ1n) is 8.73. The summed E-state index contributed by atoms with van der Waals surface area (Å²) in [6.45, 7) is 0. The maximum Gasteiger partial charge on any atom is 0.261 e. The van der Waals surface area contributed by atoms with E-state index in [4.69, 9.17) is 0 Å². The molecule has 0 saturated heterocycles. The van der Waals surface area contributed by atoms with Crippen molar-refractivity contribution in [2.24, 2.45) is 7.05 Å². The van der Waals surface area contributed by atoms with Crippen LogP contribution in [-0.4, -0.2) is 28.2 Å². The smallest absolute Gasteiger partial charge is 0.261 e. The number of H-pyrrole nitrogens is 1. The van der Waals surface area contributed by atoms with Crippen molar-refractivity contribution in [1.82, 2.24) is 14.5 Å². The molecule has 11 heteroatoms. The lowest BCUT2D eigenvalue weighted by molar-refractivity contribution is 0.600. The molecule has 152 valence electrons. The van der Waals surface area contributed by atoms with E-state index in [-0.39, 0.29) is 22.8 Å². The minimum atomic E-state index is -3.62. The Hall–Kier alpha value is -2.41. The highest BCUT2D eigenvalue weighted by Gasteiger charge is 2.36. The number of hydrogen-bond acceptors (Lipinski definition) is 5. The zero-order chi connectivity index (χ0) is 20.8. The van der Waals surface area contributed by atoms with Gasteiger partial charge in [0.25, 0.3) is 5.56 Å². The van der Waals surface area contributed by atoms with Gasteiger partial charge in [-0.25, -0.2) is 17.8 Å². The number of pyridine rings is 1. The molecule has 4 rings (SSSR count). The fourth-order valence-electron chi connectivity index (χ4n) is 2.89. The SMILES string of the molecule is Cn1c(Nc2ccc(I)cc2F)c(NS(=O)(=O)C2CC2)cc(-c2c[nH]cn2)c1=O. The van der Waals surface area contributed by atoms with Gasteiger partial charge in [0.2, 0.25) is 10.0 Å². The summed E-state index contributed by atoms with van der Waals surface area (Å²) in [4.78, 5) is 19.7. The van der Waals surface area contributed by atoms with Crippen LogP contribution >= 0.6 is 22.6 Å². The van der Waals surface area contributed by atoms with E-state index in [0.29, 0.717) is 22.1 Å². The number of anilines is 3. The molecule has 1 aliphatic rings. The standard InChI is InChI=1S/C18H17FIN5O3S/c1-25-17(23-14-5-2-10(20)6-13(14)19)15(24-29(27,28)11-3-4-11)7-12(18(25)26)16-8-21-9-22-16/h2,5-9,11,23-24H,3-4H2,1H3,(H,21,22). The molecule has 1 saturated carbocycles. The van der Waals surface area contributed by atoms with Gasteiger partial charge in [-0.05, 0) is 59.7 Å². The Morgan fingerprint density at radius 2 is 2.03 bits per heavy atom. The third-order valence-electron chi connectivity index (χ3n) is 4.59. The Morgan fingerprint density at radius 3 is 2.66 bits per heavy atom. The minimum Gasteiger partial charge on any atom is -0.351 e. The number of rotatable bonds is 6. The third kappa shape index (κ3) is 4.01. The Kier molecular flexibility index (Phi) is 5.11. The maximum atomic E-state index is 14.4. The molecule has 0 amide bonds. The van der Waals surface area contributed by atoms with E-state index in [2.05, 4.69) is 20.0 Å². The number of benzene rings is 1. The molecule has 0 spiro atoms. The second kappa shape index (κ2) is 7.44. The van der Waals surface area contributed by atoms with Crippen molar-refractivity contribution >= 4 is 49.8 Å². The lowest BCUT2D eigenvalue weighted by atomic mass is 10.2. The van der Waals surface area contributed by atoms with Gasteiger partial charge in [-0.3, -0.25) is 14.1 Å². The van der Waals surface area contributed by atoms with Crippen LogP contribution in [0.2, 0.25) is 0 Å². The Bertz CT molecular complexity index is 1240. The molecule has 3 N–H and O–H groups in total. The van der Waals surface area contributed by atoms with E-state index in [9.17, 15) is 17.6 Å². The molecule has 8 nitrogen and oxygen atoms in total. The molecule has 0 atom stereocenters. The summed E-state index contributed by atoms with van der Waals surface area (Å²) >= 11 is 1.99. The predicted octanol–water partition coefficient (Wildman–Crippen LogP) is 3.17. The van der Waals surface area contributed by atoms with Crippen LogP contribution in [0, 0.1) is 9.39 Å². The van der Waals surface area contributed by atoms with Gasteiger partial charge in [0.15, 0.2) is 0 Å². The summed E-state index contributed by atoms with van der Waals surface area (Å²) in [6.07, 6.45) is 4.14. The monoisotopic (exact) mass is 529 g/mol. The molecule has 2 aromatic heterocycles. The second-order valence-electron chi connectivity index (χ2n) is 6.73. The lowest BCUT2D eigenvalue weighted by Gasteiger charge is -2.19. The molecule has 29 heavy (non-hydrogen) atoms. The van der Waals surface area contributed by atoms with E-state index >= 15 is 0 Å². The molecule has 2 heterocycles. The van der Waals surface area contributed by atoms with Gasteiger partial charge in [0, 0.05) is 16.8 Å². The number of aromatic nitrogens is 3. The van der Waals surface area contributed by atoms with Crippen LogP contribution in [-0.2, 0) is 17.1 Å². The van der Waals surface area contributed by atoms with Gasteiger partial charge in [-0.2, -0.15) is 0 Å². The zero-order valence-electron chi connectivity index (χ0n) is 15.2. The number of hydrogen-bond donors (Lipinski definition) is 3. The first-order valence-corrected chi connectivity index (χ1v) is 11.4. The number of imidazole rings is 1. The van der Waals surface area contributed by atoms with Gasteiger partial charge in [-0.15, -0.1) is 0 Å². The van der Waals surface area contributed by atoms with Crippen LogP contribution in [0.3, 0.4) is 0 Å². The van der Waals surface area contributed by atoms with Gasteiger partial charge >= 0.3 is 0 Å². The van der Waals surface area contributed by atoms with E-state index in [1.807, 2.05) is 22.6 Å². The second-order valence-corrected chi connectivity index (χ2v) is 9.94.